The monoisotopic (exact) mass is 256 g/mol. The van der Waals surface area contributed by atoms with Crippen LogP contribution < -0.4 is 5.73 Å². The van der Waals surface area contributed by atoms with Gasteiger partial charge in [-0.25, -0.2) is 0 Å². The lowest BCUT2D eigenvalue weighted by Gasteiger charge is -2.35. The number of rotatable bonds is 7. The van der Waals surface area contributed by atoms with E-state index in [1.807, 2.05) is 6.92 Å². The average molecular weight is 256 g/mol. The number of ether oxygens (including phenoxy) is 1. The first-order valence-electron chi connectivity index (χ1n) is 7.27. The van der Waals surface area contributed by atoms with Crippen LogP contribution in [0.25, 0.3) is 0 Å². The van der Waals surface area contributed by atoms with Crippen molar-refractivity contribution < 1.29 is 9.53 Å². The van der Waals surface area contributed by atoms with Crippen molar-refractivity contribution in [3.8, 4) is 0 Å². The number of likely N-dealkylation sites (tertiary alicyclic amines) is 1. The lowest BCUT2D eigenvalue weighted by molar-refractivity contribution is -0.143. The third-order valence-corrected chi connectivity index (χ3v) is 3.76. The number of hydrogen-bond acceptors (Lipinski definition) is 4. The van der Waals surface area contributed by atoms with Crippen LogP contribution in [0.5, 0.6) is 0 Å². The zero-order chi connectivity index (χ0) is 13.4. The molecular formula is C14H28N2O2. The Morgan fingerprint density at radius 2 is 2.17 bits per heavy atom. The van der Waals surface area contributed by atoms with Gasteiger partial charge in [0, 0.05) is 19.0 Å². The molecule has 4 heteroatoms. The van der Waals surface area contributed by atoms with Crippen LogP contribution in [0.4, 0.5) is 0 Å². The van der Waals surface area contributed by atoms with E-state index in [4.69, 9.17) is 10.5 Å². The van der Waals surface area contributed by atoms with Gasteiger partial charge in [0.05, 0.1) is 6.61 Å². The van der Waals surface area contributed by atoms with E-state index < -0.39 is 0 Å². The molecule has 1 rings (SSSR count). The van der Waals surface area contributed by atoms with Crippen LogP contribution >= 0.6 is 0 Å². The van der Waals surface area contributed by atoms with Crippen molar-refractivity contribution >= 4 is 5.97 Å². The Kier molecular flexibility index (Phi) is 7.28. The molecule has 1 aliphatic heterocycles. The van der Waals surface area contributed by atoms with Gasteiger partial charge in [-0.3, -0.25) is 4.79 Å². The molecule has 0 aliphatic carbocycles. The van der Waals surface area contributed by atoms with Crippen LogP contribution in [0.15, 0.2) is 0 Å². The third-order valence-electron chi connectivity index (χ3n) is 3.76. The zero-order valence-corrected chi connectivity index (χ0v) is 11.9. The quantitative estimate of drug-likeness (QED) is 0.557. The van der Waals surface area contributed by atoms with Gasteiger partial charge in [0.15, 0.2) is 0 Å². The van der Waals surface area contributed by atoms with Gasteiger partial charge in [0.25, 0.3) is 0 Å². The summed E-state index contributed by atoms with van der Waals surface area (Å²) in [5, 5.41) is 0. The third kappa shape index (κ3) is 5.83. The van der Waals surface area contributed by atoms with Crippen LogP contribution in [0, 0.1) is 5.92 Å². The lowest BCUT2D eigenvalue weighted by atomic mass is 9.94. The Bertz CT molecular complexity index is 246. The summed E-state index contributed by atoms with van der Waals surface area (Å²) in [6, 6.07) is 0.332. The maximum absolute atomic E-state index is 11.1. The Morgan fingerprint density at radius 1 is 1.39 bits per heavy atom. The molecule has 0 aromatic rings. The highest BCUT2D eigenvalue weighted by Gasteiger charge is 2.22. The Hall–Kier alpha value is -0.610. The molecule has 2 atom stereocenters. The number of carbonyl (C=O) groups excluding carboxylic acids is 1. The Balaban J connectivity index is 1.99. The van der Waals surface area contributed by atoms with E-state index in [2.05, 4.69) is 11.8 Å². The van der Waals surface area contributed by atoms with E-state index in [-0.39, 0.29) is 5.97 Å². The first-order chi connectivity index (χ1) is 8.63. The number of esters is 1. The molecule has 0 aromatic carbocycles. The summed E-state index contributed by atoms with van der Waals surface area (Å²) in [7, 11) is 0. The highest BCUT2D eigenvalue weighted by Crippen LogP contribution is 2.16. The van der Waals surface area contributed by atoms with Crippen molar-refractivity contribution in [1.29, 1.82) is 0 Å². The summed E-state index contributed by atoms with van der Waals surface area (Å²) in [6.07, 6.45) is 4.96. The van der Waals surface area contributed by atoms with Crippen molar-refractivity contribution in [3.63, 3.8) is 0 Å². The summed E-state index contributed by atoms with van der Waals surface area (Å²) in [4.78, 5) is 13.6. The van der Waals surface area contributed by atoms with Crippen LogP contribution in [-0.2, 0) is 9.53 Å². The van der Waals surface area contributed by atoms with E-state index in [1.54, 1.807) is 0 Å². The smallest absolute Gasteiger partial charge is 0.305 e. The second-order valence-electron chi connectivity index (χ2n) is 5.35. The molecule has 0 radical (unpaired) electrons. The molecular weight excluding hydrogens is 228 g/mol. The largest absolute Gasteiger partial charge is 0.466 e. The van der Waals surface area contributed by atoms with E-state index in [9.17, 15) is 4.79 Å². The first kappa shape index (κ1) is 15.4. The normalized spacial score (nSPS) is 25.1. The van der Waals surface area contributed by atoms with E-state index >= 15 is 0 Å². The molecule has 0 saturated carbocycles. The predicted molar refractivity (Wildman–Crippen MR) is 73.3 cm³/mol. The number of piperidine rings is 1. The minimum atomic E-state index is -0.0636. The zero-order valence-electron chi connectivity index (χ0n) is 11.9. The Labute approximate surface area is 111 Å². The minimum Gasteiger partial charge on any atom is -0.466 e. The molecule has 0 aromatic heterocycles. The van der Waals surface area contributed by atoms with Crippen molar-refractivity contribution in [3.05, 3.63) is 0 Å². The van der Waals surface area contributed by atoms with Gasteiger partial charge >= 0.3 is 5.97 Å². The van der Waals surface area contributed by atoms with Crippen molar-refractivity contribution in [2.75, 3.05) is 26.2 Å². The summed E-state index contributed by atoms with van der Waals surface area (Å²) >= 11 is 0. The molecule has 2 unspecified atom stereocenters. The van der Waals surface area contributed by atoms with Gasteiger partial charge < -0.3 is 15.4 Å². The number of carbonyl (C=O) groups is 1. The summed E-state index contributed by atoms with van der Waals surface area (Å²) in [5.41, 5.74) is 6.07. The fourth-order valence-electron chi connectivity index (χ4n) is 2.39. The molecule has 0 bridgehead atoms. The SMILES string of the molecule is CCOC(=O)CCCCCN1CCC(C)C(N)C1. The molecule has 0 amide bonds. The van der Waals surface area contributed by atoms with Crippen LogP contribution in [0.3, 0.4) is 0 Å². The fraction of sp³-hybridized carbons (Fsp3) is 0.929. The van der Waals surface area contributed by atoms with Gasteiger partial charge in [0.1, 0.15) is 0 Å². The first-order valence-corrected chi connectivity index (χ1v) is 7.27. The molecule has 1 saturated heterocycles. The lowest BCUT2D eigenvalue weighted by Crippen LogP contribution is -2.47. The molecule has 2 N–H and O–H groups in total. The van der Waals surface area contributed by atoms with Gasteiger partial charge in [-0.2, -0.15) is 0 Å². The summed E-state index contributed by atoms with van der Waals surface area (Å²) < 4.78 is 4.90. The second kappa shape index (κ2) is 8.48. The second-order valence-corrected chi connectivity index (χ2v) is 5.35. The van der Waals surface area contributed by atoms with Gasteiger partial charge in [-0.1, -0.05) is 13.3 Å². The molecule has 4 nitrogen and oxygen atoms in total. The van der Waals surface area contributed by atoms with Gasteiger partial charge in [-0.15, -0.1) is 0 Å². The van der Waals surface area contributed by atoms with E-state index in [1.165, 1.54) is 13.0 Å². The predicted octanol–water partition coefficient (Wildman–Crippen LogP) is 1.78. The number of hydrogen-bond donors (Lipinski definition) is 1. The van der Waals surface area contributed by atoms with Gasteiger partial charge in [-0.05, 0) is 45.2 Å². The molecule has 1 aliphatic rings. The van der Waals surface area contributed by atoms with Crippen LogP contribution in [0.1, 0.15) is 46.0 Å². The summed E-state index contributed by atoms with van der Waals surface area (Å²) in [6.45, 7) is 7.89. The molecule has 18 heavy (non-hydrogen) atoms. The molecule has 1 heterocycles. The summed E-state index contributed by atoms with van der Waals surface area (Å²) in [5.74, 6) is 0.594. The number of nitrogens with two attached hydrogens (primary N) is 1. The van der Waals surface area contributed by atoms with Crippen molar-refractivity contribution in [1.82, 2.24) is 4.90 Å². The maximum Gasteiger partial charge on any atom is 0.305 e. The van der Waals surface area contributed by atoms with E-state index in [0.29, 0.717) is 25.0 Å². The minimum absolute atomic E-state index is 0.0636. The topological polar surface area (TPSA) is 55.6 Å². The van der Waals surface area contributed by atoms with Crippen molar-refractivity contribution in [2.45, 2.75) is 52.0 Å². The van der Waals surface area contributed by atoms with E-state index in [0.717, 1.165) is 32.4 Å². The maximum atomic E-state index is 11.1. The average Bonchev–Trinajstić information content (AvgIpc) is 2.33. The van der Waals surface area contributed by atoms with Crippen LogP contribution in [0.2, 0.25) is 0 Å². The highest BCUT2D eigenvalue weighted by molar-refractivity contribution is 5.69. The molecule has 0 spiro atoms. The highest BCUT2D eigenvalue weighted by atomic mass is 16.5. The number of unbranched alkanes of at least 4 members (excludes halogenated alkanes) is 2. The van der Waals surface area contributed by atoms with Gasteiger partial charge in [0.2, 0.25) is 0 Å². The molecule has 106 valence electrons. The Morgan fingerprint density at radius 3 is 2.83 bits per heavy atom. The van der Waals surface area contributed by atoms with Crippen molar-refractivity contribution in [2.24, 2.45) is 11.7 Å². The molecule has 1 fully saturated rings. The standard InChI is InChI=1S/C14H28N2O2/c1-3-18-14(17)7-5-4-6-9-16-10-8-12(2)13(15)11-16/h12-13H,3-11,15H2,1-2H3. The number of nitrogens with zero attached hydrogens (tertiary/aromatic N) is 1. The van der Waals surface area contributed by atoms with Crippen LogP contribution in [-0.4, -0.2) is 43.2 Å². The fourth-order valence-corrected chi connectivity index (χ4v) is 2.39.